The highest BCUT2D eigenvalue weighted by atomic mass is 16.5. The van der Waals surface area contributed by atoms with Crippen LogP contribution < -0.4 is 9.84 Å². The first-order valence-electron chi connectivity index (χ1n) is 10.7. The van der Waals surface area contributed by atoms with Gasteiger partial charge >= 0.3 is 5.97 Å². The Morgan fingerprint density at radius 3 is 2.53 bits per heavy atom. The molecule has 3 aromatic carbocycles. The minimum absolute atomic E-state index is 0.0628. The molecule has 1 aliphatic carbocycles. The lowest BCUT2D eigenvalue weighted by Crippen LogP contribution is -2.26. The summed E-state index contributed by atoms with van der Waals surface area (Å²) in [7, 11) is 0. The summed E-state index contributed by atoms with van der Waals surface area (Å²) in [4.78, 5) is 24.4. The molecule has 0 saturated carbocycles. The van der Waals surface area contributed by atoms with Crippen molar-refractivity contribution in [2.45, 2.75) is 44.6 Å². The van der Waals surface area contributed by atoms with Crippen molar-refractivity contribution in [3.05, 3.63) is 100 Å². The first kappa shape index (κ1) is 21.8. The van der Waals surface area contributed by atoms with Crippen LogP contribution in [0.15, 0.2) is 66.7 Å². The molecule has 32 heavy (non-hydrogen) atoms. The van der Waals surface area contributed by atoms with Crippen molar-refractivity contribution in [1.82, 2.24) is 0 Å². The molecule has 0 radical (unpaired) electrons. The molecule has 164 valence electrons. The lowest BCUT2D eigenvalue weighted by atomic mass is 9.71. The van der Waals surface area contributed by atoms with E-state index in [1.165, 1.54) is 12.1 Å². The van der Waals surface area contributed by atoms with Crippen LogP contribution in [0.3, 0.4) is 0 Å². The second kappa shape index (κ2) is 8.60. The molecule has 5 nitrogen and oxygen atoms in total. The summed E-state index contributed by atoms with van der Waals surface area (Å²) >= 11 is 0. The number of fused-ring (bicyclic) bond motifs is 1. The van der Waals surface area contributed by atoms with E-state index in [-0.39, 0.29) is 16.7 Å². The van der Waals surface area contributed by atoms with Gasteiger partial charge in [0.25, 0.3) is 0 Å². The van der Waals surface area contributed by atoms with Gasteiger partial charge in [0.05, 0.1) is 17.6 Å². The number of carboxylic acids is 1. The zero-order valence-corrected chi connectivity index (χ0v) is 18.1. The quantitative estimate of drug-likeness (QED) is 0.490. The van der Waals surface area contributed by atoms with Crippen LogP contribution in [0.1, 0.15) is 75.8 Å². The first-order chi connectivity index (χ1) is 15.2. The highest BCUT2D eigenvalue weighted by Gasteiger charge is 2.32. The summed E-state index contributed by atoms with van der Waals surface area (Å²) in [5.74, 6) is -1.58. The number of aliphatic hydroxyl groups is 1. The van der Waals surface area contributed by atoms with Crippen LogP contribution in [-0.4, -0.2) is 17.0 Å². The van der Waals surface area contributed by atoms with Crippen molar-refractivity contribution >= 4 is 11.9 Å². The molecule has 1 N–H and O–H groups in total. The second-order valence-electron chi connectivity index (χ2n) is 8.90. The van der Waals surface area contributed by atoms with Gasteiger partial charge in [0.1, 0.15) is 5.75 Å². The van der Waals surface area contributed by atoms with Crippen molar-refractivity contribution in [2.75, 3.05) is 0 Å². The van der Waals surface area contributed by atoms with E-state index in [9.17, 15) is 19.8 Å². The summed E-state index contributed by atoms with van der Waals surface area (Å²) in [5.41, 5.74) is 3.57. The van der Waals surface area contributed by atoms with Crippen molar-refractivity contribution in [3.63, 3.8) is 0 Å². The fourth-order valence-electron chi connectivity index (χ4n) is 4.33. The molecule has 0 aliphatic heterocycles. The van der Waals surface area contributed by atoms with Crippen LogP contribution in [0.2, 0.25) is 0 Å². The average molecular weight is 429 g/mol. The van der Waals surface area contributed by atoms with Crippen molar-refractivity contribution < 1.29 is 24.5 Å². The zero-order chi connectivity index (χ0) is 22.9. The summed E-state index contributed by atoms with van der Waals surface area (Å²) in [5, 5.41) is 22.0. The third kappa shape index (κ3) is 4.43. The summed E-state index contributed by atoms with van der Waals surface area (Å²) in [6.07, 6.45) is 1.28. The molecule has 0 spiro atoms. The van der Waals surface area contributed by atoms with Gasteiger partial charge in [0.15, 0.2) is 0 Å². The number of hydrogen-bond acceptors (Lipinski definition) is 5. The molecule has 0 bridgehead atoms. The van der Waals surface area contributed by atoms with Gasteiger partial charge < -0.3 is 19.7 Å². The Balaban J connectivity index is 1.60. The van der Waals surface area contributed by atoms with Gasteiger partial charge in [0.2, 0.25) is 0 Å². The number of benzene rings is 3. The van der Waals surface area contributed by atoms with Crippen molar-refractivity contribution in [3.8, 4) is 5.75 Å². The highest BCUT2D eigenvalue weighted by molar-refractivity contribution is 5.92. The van der Waals surface area contributed by atoms with E-state index in [1.54, 1.807) is 18.2 Å². The van der Waals surface area contributed by atoms with Crippen LogP contribution in [-0.2, 0) is 11.8 Å². The zero-order valence-electron chi connectivity index (χ0n) is 18.1. The first-order valence-corrected chi connectivity index (χ1v) is 10.7. The SMILES string of the molecule is CC1(C)CCC(O)c2cc(C(=O)Oc3ccc(C(=O)[O-])c(Cc4ccccc4)c3)ccc21. The number of ether oxygens (including phenoxy) is 1. The van der Waals surface area contributed by atoms with E-state index in [0.29, 0.717) is 24.0 Å². The molecule has 0 heterocycles. The summed E-state index contributed by atoms with van der Waals surface area (Å²) in [6, 6.07) is 19.1. The number of rotatable bonds is 5. The van der Waals surface area contributed by atoms with Crippen LogP contribution in [0.4, 0.5) is 0 Å². The van der Waals surface area contributed by atoms with Crippen LogP contribution in [0.5, 0.6) is 5.75 Å². The lowest BCUT2D eigenvalue weighted by Gasteiger charge is -2.35. The van der Waals surface area contributed by atoms with Gasteiger partial charge in [-0.3, -0.25) is 0 Å². The monoisotopic (exact) mass is 429 g/mol. The van der Waals surface area contributed by atoms with Crippen molar-refractivity contribution in [1.29, 1.82) is 0 Å². The minimum atomic E-state index is -1.28. The number of carbonyl (C=O) groups excluding carboxylic acids is 2. The number of aromatic carboxylic acids is 1. The van der Waals surface area contributed by atoms with Gasteiger partial charge in [-0.05, 0) is 77.3 Å². The van der Waals surface area contributed by atoms with E-state index >= 15 is 0 Å². The number of carboxylic acid groups (broad SMARTS) is 1. The average Bonchev–Trinajstić information content (AvgIpc) is 2.77. The third-order valence-electron chi connectivity index (χ3n) is 6.16. The summed E-state index contributed by atoms with van der Waals surface area (Å²) < 4.78 is 5.56. The maximum atomic E-state index is 12.8. The molecule has 5 heteroatoms. The Morgan fingerprint density at radius 2 is 1.81 bits per heavy atom. The molecule has 0 amide bonds. The standard InChI is InChI=1S/C27H26O5/c1-27(2)13-12-24(28)22-16-18(8-11-23(22)27)26(31)32-20-9-10-21(25(29)30)19(15-20)14-17-6-4-3-5-7-17/h3-11,15-16,24,28H,12-14H2,1-2H3,(H,29,30)/p-1. The Hall–Kier alpha value is -3.44. The minimum Gasteiger partial charge on any atom is -0.545 e. The largest absolute Gasteiger partial charge is 0.545 e. The van der Waals surface area contributed by atoms with Gasteiger partial charge in [-0.1, -0.05) is 50.2 Å². The maximum Gasteiger partial charge on any atom is 0.343 e. The van der Waals surface area contributed by atoms with Crippen molar-refractivity contribution in [2.24, 2.45) is 0 Å². The number of aliphatic hydroxyl groups excluding tert-OH is 1. The van der Waals surface area contributed by atoms with Crippen LogP contribution in [0.25, 0.3) is 0 Å². The Morgan fingerprint density at radius 1 is 1.06 bits per heavy atom. The van der Waals surface area contributed by atoms with E-state index in [2.05, 4.69) is 13.8 Å². The molecule has 3 aromatic rings. The molecule has 0 saturated heterocycles. The molecule has 1 aliphatic rings. The topological polar surface area (TPSA) is 86.7 Å². The normalized spacial score (nSPS) is 16.8. The van der Waals surface area contributed by atoms with Crippen LogP contribution >= 0.6 is 0 Å². The molecule has 1 unspecified atom stereocenters. The molecule has 0 aromatic heterocycles. The Labute approximate surface area is 187 Å². The summed E-state index contributed by atoms with van der Waals surface area (Å²) in [6.45, 7) is 4.26. The lowest BCUT2D eigenvalue weighted by molar-refractivity contribution is -0.255. The number of hydrogen-bond donors (Lipinski definition) is 1. The number of carbonyl (C=O) groups is 2. The predicted octanol–water partition coefficient (Wildman–Crippen LogP) is 3.96. The third-order valence-corrected chi connectivity index (χ3v) is 6.16. The Bertz CT molecular complexity index is 1160. The fraction of sp³-hybridized carbons (Fsp3) is 0.259. The highest BCUT2D eigenvalue weighted by Crippen LogP contribution is 2.41. The molecule has 0 fully saturated rings. The number of esters is 1. The van der Waals surface area contributed by atoms with Crippen LogP contribution in [0, 0.1) is 0 Å². The van der Waals surface area contributed by atoms with E-state index in [1.807, 2.05) is 36.4 Å². The maximum absolute atomic E-state index is 12.8. The fourth-order valence-corrected chi connectivity index (χ4v) is 4.33. The molecular weight excluding hydrogens is 404 g/mol. The van der Waals surface area contributed by atoms with Gasteiger partial charge in [-0.2, -0.15) is 0 Å². The van der Waals surface area contributed by atoms with Gasteiger partial charge in [-0.25, -0.2) is 4.79 Å². The smallest absolute Gasteiger partial charge is 0.343 e. The van der Waals surface area contributed by atoms with E-state index < -0.39 is 18.0 Å². The van der Waals surface area contributed by atoms with Gasteiger partial charge in [0, 0.05) is 5.56 Å². The Kier molecular flexibility index (Phi) is 5.85. The molecular formula is C27H25O5-. The molecule has 1 atom stereocenters. The van der Waals surface area contributed by atoms with E-state index in [0.717, 1.165) is 23.1 Å². The van der Waals surface area contributed by atoms with Gasteiger partial charge in [-0.15, -0.1) is 0 Å². The predicted molar refractivity (Wildman–Crippen MR) is 119 cm³/mol. The molecule has 4 rings (SSSR count). The second-order valence-corrected chi connectivity index (χ2v) is 8.90. The van der Waals surface area contributed by atoms with E-state index in [4.69, 9.17) is 4.74 Å².